The minimum absolute atomic E-state index is 0.00528. The highest BCUT2D eigenvalue weighted by atomic mass is 16.9. The molecule has 3 aromatic carbocycles. The van der Waals surface area contributed by atoms with Crippen LogP contribution in [0.4, 0.5) is 0 Å². The van der Waals surface area contributed by atoms with E-state index in [1.807, 2.05) is 91.0 Å². The van der Waals surface area contributed by atoms with Crippen molar-refractivity contribution in [2.75, 3.05) is 0 Å². The average Bonchev–Trinajstić information content (AvgIpc) is 2.83. The van der Waals surface area contributed by atoms with Gasteiger partial charge in [0.2, 0.25) is 0 Å². The lowest BCUT2D eigenvalue weighted by Crippen LogP contribution is -2.53. The van der Waals surface area contributed by atoms with Crippen LogP contribution in [0.25, 0.3) is 0 Å². The summed E-state index contributed by atoms with van der Waals surface area (Å²) in [6, 6.07) is 29.3. The van der Waals surface area contributed by atoms with E-state index in [0.29, 0.717) is 17.2 Å². The second-order valence-corrected chi connectivity index (χ2v) is 8.31. The van der Waals surface area contributed by atoms with Crippen LogP contribution in [0.1, 0.15) is 58.8 Å². The predicted molar refractivity (Wildman–Crippen MR) is 131 cm³/mol. The van der Waals surface area contributed by atoms with Gasteiger partial charge in [0.15, 0.2) is 0 Å². The van der Waals surface area contributed by atoms with E-state index in [1.165, 1.54) is 32.1 Å². The van der Waals surface area contributed by atoms with Crippen molar-refractivity contribution in [3.63, 3.8) is 0 Å². The zero-order valence-corrected chi connectivity index (χ0v) is 19.4. The Labute approximate surface area is 193 Å². The molecule has 3 heteroatoms. The number of hydrogen-bond acceptors (Lipinski definition) is 3. The predicted octanol–water partition coefficient (Wildman–Crippen LogP) is 8.26. The van der Waals surface area contributed by atoms with Crippen LogP contribution in [0.2, 0.25) is 0 Å². The Morgan fingerprint density at radius 2 is 0.938 bits per heavy atom. The van der Waals surface area contributed by atoms with Crippen molar-refractivity contribution in [2.45, 2.75) is 64.8 Å². The molecule has 3 aromatic rings. The molecular weight excluding hydrogens is 396 g/mol. The van der Waals surface area contributed by atoms with Crippen LogP contribution in [-0.2, 0) is 0 Å². The first-order valence-corrected chi connectivity index (χ1v) is 11.9. The highest BCUT2D eigenvalue weighted by Crippen LogP contribution is 2.34. The first kappa shape index (κ1) is 23.7. The van der Waals surface area contributed by atoms with Crippen LogP contribution >= 0.6 is 0 Å². The van der Waals surface area contributed by atoms with Crippen molar-refractivity contribution >= 4 is 0 Å². The fourth-order valence-electron chi connectivity index (χ4n) is 3.73. The molecular formula is C29H36O3. The number of rotatable bonds is 14. The van der Waals surface area contributed by atoms with Crippen molar-refractivity contribution in [1.29, 1.82) is 0 Å². The van der Waals surface area contributed by atoms with Crippen molar-refractivity contribution in [2.24, 2.45) is 5.92 Å². The van der Waals surface area contributed by atoms with Crippen LogP contribution in [0.3, 0.4) is 0 Å². The van der Waals surface area contributed by atoms with Gasteiger partial charge in [-0.2, -0.15) is 0 Å². The second-order valence-electron chi connectivity index (χ2n) is 8.31. The van der Waals surface area contributed by atoms with Gasteiger partial charge in [0, 0.05) is 0 Å². The molecule has 0 aliphatic heterocycles. The molecule has 0 radical (unpaired) electrons. The first-order valence-electron chi connectivity index (χ1n) is 11.9. The first-order chi connectivity index (χ1) is 15.7. The third-order valence-corrected chi connectivity index (χ3v) is 5.60. The molecule has 32 heavy (non-hydrogen) atoms. The van der Waals surface area contributed by atoms with Gasteiger partial charge in [0.05, 0.1) is 5.92 Å². The smallest absolute Gasteiger partial charge is 0.419 e. The van der Waals surface area contributed by atoms with Crippen LogP contribution in [0.5, 0.6) is 17.2 Å². The van der Waals surface area contributed by atoms with Gasteiger partial charge in [-0.25, -0.2) is 0 Å². The quantitative estimate of drug-likeness (QED) is 0.189. The summed E-state index contributed by atoms with van der Waals surface area (Å²) in [6.07, 6.45) is 8.41. The molecule has 0 N–H and O–H groups in total. The Bertz CT molecular complexity index is 763. The molecule has 3 nitrogen and oxygen atoms in total. The molecule has 1 atom stereocenters. The van der Waals surface area contributed by atoms with E-state index in [1.54, 1.807) is 0 Å². The van der Waals surface area contributed by atoms with E-state index in [4.69, 9.17) is 14.2 Å². The van der Waals surface area contributed by atoms with Crippen LogP contribution < -0.4 is 14.2 Å². The summed E-state index contributed by atoms with van der Waals surface area (Å²) in [5.74, 6) is 0.861. The summed E-state index contributed by atoms with van der Waals surface area (Å²) < 4.78 is 19.6. The van der Waals surface area contributed by atoms with Gasteiger partial charge in [0.25, 0.3) is 0 Å². The molecule has 0 saturated carbocycles. The van der Waals surface area contributed by atoms with Gasteiger partial charge in [-0.1, -0.05) is 107 Å². The number of unbranched alkanes of at least 4 members (excludes halogenated alkanes) is 5. The fourth-order valence-corrected chi connectivity index (χ4v) is 3.73. The molecule has 0 amide bonds. The Morgan fingerprint density at radius 3 is 1.34 bits per heavy atom. The van der Waals surface area contributed by atoms with Gasteiger partial charge in [-0.3, -0.25) is 0 Å². The normalized spacial score (nSPS) is 12.2. The van der Waals surface area contributed by atoms with Gasteiger partial charge >= 0.3 is 5.97 Å². The minimum Gasteiger partial charge on any atom is -0.420 e. The maximum absolute atomic E-state index is 6.52. The summed E-state index contributed by atoms with van der Waals surface area (Å²) in [4.78, 5) is 0. The maximum atomic E-state index is 6.52. The van der Waals surface area contributed by atoms with Crippen molar-refractivity contribution in [1.82, 2.24) is 0 Å². The monoisotopic (exact) mass is 432 g/mol. The van der Waals surface area contributed by atoms with E-state index in [-0.39, 0.29) is 5.92 Å². The lowest BCUT2D eigenvalue weighted by atomic mass is 9.99. The standard InChI is InChI=1S/C29H36O3/c1-3-4-5-6-7-11-18-25(2)29(30-26-19-12-8-13-20-26,31-27-21-14-9-15-22-27)32-28-23-16-10-17-24-28/h8-10,12-17,19-25H,3-7,11,18H2,1-2H3. The van der Waals surface area contributed by atoms with Crippen LogP contribution in [0.15, 0.2) is 91.0 Å². The molecule has 0 spiro atoms. The van der Waals surface area contributed by atoms with E-state index in [9.17, 15) is 0 Å². The molecule has 0 aromatic heterocycles. The van der Waals surface area contributed by atoms with Crippen molar-refractivity contribution in [3.05, 3.63) is 91.0 Å². The number of ether oxygens (including phenoxy) is 3. The molecule has 0 saturated heterocycles. The molecule has 1 unspecified atom stereocenters. The van der Waals surface area contributed by atoms with E-state index in [2.05, 4.69) is 13.8 Å². The van der Waals surface area contributed by atoms with Gasteiger partial charge < -0.3 is 14.2 Å². The highest BCUT2D eigenvalue weighted by molar-refractivity contribution is 5.26. The molecule has 0 aliphatic carbocycles. The molecule has 0 bridgehead atoms. The number of hydrogen-bond donors (Lipinski definition) is 0. The second kappa shape index (κ2) is 12.8. The topological polar surface area (TPSA) is 27.7 Å². The van der Waals surface area contributed by atoms with Gasteiger partial charge in [-0.15, -0.1) is 0 Å². The third-order valence-electron chi connectivity index (χ3n) is 5.60. The fraction of sp³-hybridized carbons (Fsp3) is 0.379. The minimum atomic E-state index is -1.28. The summed E-state index contributed by atoms with van der Waals surface area (Å²) in [5, 5.41) is 0. The Morgan fingerprint density at radius 1 is 0.562 bits per heavy atom. The number of para-hydroxylation sites is 3. The van der Waals surface area contributed by atoms with Crippen molar-refractivity contribution in [3.8, 4) is 17.2 Å². The van der Waals surface area contributed by atoms with Gasteiger partial charge in [0.1, 0.15) is 17.2 Å². The summed E-state index contributed by atoms with van der Waals surface area (Å²) in [6.45, 7) is 4.40. The zero-order valence-electron chi connectivity index (χ0n) is 19.4. The molecule has 0 aliphatic rings. The van der Waals surface area contributed by atoms with Crippen LogP contribution in [-0.4, -0.2) is 5.97 Å². The van der Waals surface area contributed by atoms with E-state index < -0.39 is 5.97 Å². The summed E-state index contributed by atoms with van der Waals surface area (Å²) in [5.41, 5.74) is 0. The largest absolute Gasteiger partial charge is 0.420 e. The lowest BCUT2D eigenvalue weighted by Gasteiger charge is -2.38. The maximum Gasteiger partial charge on any atom is 0.419 e. The SMILES string of the molecule is CCCCCCCCC(C)C(Oc1ccccc1)(Oc1ccccc1)Oc1ccccc1. The summed E-state index contributed by atoms with van der Waals surface area (Å²) >= 11 is 0. The molecule has 170 valence electrons. The van der Waals surface area contributed by atoms with Gasteiger partial charge in [-0.05, 0) is 42.8 Å². The molecule has 0 fully saturated rings. The Kier molecular flexibility index (Phi) is 9.49. The molecule has 0 heterocycles. The number of benzene rings is 3. The Balaban J connectivity index is 1.85. The summed E-state index contributed by atoms with van der Waals surface area (Å²) in [7, 11) is 0. The van der Waals surface area contributed by atoms with Crippen LogP contribution in [0, 0.1) is 5.92 Å². The zero-order chi connectivity index (χ0) is 22.5. The average molecular weight is 433 g/mol. The van der Waals surface area contributed by atoms with E-state index in [0.717, 1.165) is 12.8 Å². The van der Waals surface area contributed by atoms with E-state index >= 15 is 0 Å². The third kappa shape index (κ3) is 7.33. The van der Waals surface area contributed by atoms with Crippen molar-refractivity contribution < 1.29 is 14.2 Å². The molecule has 3 rings (SSSR count). The Hall–Kier alpha value is -2.94. The lowest BCUT2D eigenvalue weighted by molar-refractivity contribution is -0.283. The highest BCUT2D eigenvalue weighted by Gasteiger charge is 2.45.